The number of para-hydroxylation sites is 2. The molecule has 0 radical (unpaired) electrons. The van der Waals surface area contributed by atoms with Crippen molar-refractivity contribution in [3.8, 4) is 27.9 Å². The Morgan fingerprint density at radius 2 is 0.969 bits per heavy atom. The minimum atomic E-state index is 1.19. The quantitative estimate of drug-likeness (QED) is 0.300. The van der Waals surface area contributed by atoms with Gasteiger partial charge in [0.25, 0.3) is 0 Å². The van der Waals surface area contributed by atoms with E-state index in [1.165, 1.54) is 55.2 Å². The fourth-order valence-corrected chi connectivity index (χ4v) is 4.61. The van der Waals surface area contributed by atoms with Gasteiger partial charge in [0.05, 0.1) is 11.0 Å². The predicted octanol–water partition coefficient (Wildman–Crippen LogP) is 6.38. The molecule has 5 aromatic carbocycles. The number of rotatable bonds is 3. The van der Waals surface area contributed by atoms with Gasteiger partial charge < -0.3 is 4.57 Å². The van der Waals surface area contributed by atoms with Gasteiger partial charge in [-0.1, -0.05) is 96.5 Å². The minimum Gasteiger partial charge on any atom is -0.309 e. The highest BCUT2D eigenvalue weighted by Gasteiger charge is 2.12. The Morgan fingerprint density at radius 1 is 0.438 bits per heavy atom. The van der Waals surface area contributed by atoms with Gasteiger partial charge in [0.15, 0.2) is 0 Å². The number of aromatic nitrogens is 1. The van der Waals surface area contributed by atoms with E-state index in [9.17, 15) is 0 Å². The van der Waals surface area contributed by atoms with Crippen molar-refractivity contribution in [2.24, 2.45) is 0 Å². The summed E-state index contributed by atoms with van der Waals surface area (Å²) in [7, 11) is 2.12. The van der Waals surface area contributed by atoms with E-state index in [4.69, 9.17) is 0 Å². The van der Waals surface area contributed by atoms with Gasteiger partial charge in [0, 0.05) is 16.5 Å². The largest absolute Gasteiger partial charge is 0.309 e. The number of hydrogen-bond acceptors (Lipinski definition) is 0. The molecule has 1 heterocycles. The van der Waals surface area contributed by atoms with Crippen LogP contribution in [0.4, 0.5) is 0 Å². The lowest BCUT2D eigenvalue weighted by atomic mass is 9.93. The number of nitrogens with zero attached hydrogens (tertiary/aromatic N) is 1. The lowest BCUT2D eigenvalue weighted by Gasteiger charge is -2.08. The van der Waals surface area contributed by atoms with Gasteiger partial charge in [0.1, 0.15) is 7.85 Å². The van der Waals surface area contributed by atoms with Gasteiger partial charge in [0.2, 0.25) is 0 Å². The van der Waals surface area contributed by atoms with Gasteiger partial charge in [-0.3, -0.25) is 0 Å². The lowest BCUT2D eigenvalue weighted by Crippen LogP contribution is -1.99. The topological polar surface area (TPSA) is 4.93 Å². The highest BCUT2D eigenvalue weighted by molar-refractivity contribution is 6.32. The molecule has 0 aliphatic heterocycles. The first kappa shape index (κ1) is 18.7. The van der Waals surface area contributed by atoms with E-state index in [0.717, 1.165) is 0 Å². The van der Waals surface area contributed by atoms with Crippen LogP contribution < -0.4 is 5.46 Å². The van der Waals surface area contributed by atoms with Crippen molar-refractivity contribution in [2.75, 3.05) is 0 Å². The van der Waals surface area contributed by atoms with Crippen molar-refractivity contribution < 1.29 is 0 Å². The third kappa shape index (κ3) is 3.12. The van der Waals surface area contributed by atoms with Crippen molar-refractivity contribution >= 4 is 35.1 Å². The van der Waals surface area contributed by atoms with Crippen LogP contribution >= 0.6 is 0 Å². The molecule has 0 aliphatic rings. The third-order valence-corrected chi connectivity index (χ3v) is 6.29. The summed E-state index contributed by atoms with van der Waals surface area (Å²) in [5.74, 6) is 0. The average molecular weight is 407 g/mol. The van der Waals surface area contributed by atoms with Crippen LogP contribution in [0.25, 0.3) is 49.7 Å². The molecular formula is C30H22BN. The van der Waals surface area contributed by atoms with E-state index in [0.29, 0.717) is 0 Å². The zero-order valence-electron chi connectivity index (χ0n) is 18.0. The summed E-state index contributed by atoms with van der Waals surface area (Å²) in [6.07, 6.45) is 0. The van der Waals surface area contributed by atoms with Gasteiger partial charge >= 0.3 is 0 Å². The Balaban J connectivity index is 1.48. The summed E-state index contributed by atoms with van der Waals surface area (Å²) < 4.78 is 2.36. The van der Waals surface area contributed by atoms with Crippen LogP contribution in [-0.2, 0) is 0 Å². The van der Waals surface area contributed by atoms with Gasteiger partial charge in [-0.05, 0) is 52.6 Å². The van der Waals surface area contributed by atoms with Crippen molar-refractivity contribution in [3.63, 3.8) is 0 Å². The van der Waals surface area contributed by atoms with Crippen LogP contribution in [0.5, 0.6) is 0 Å². The normalized spacial score (nSPS) is 11.2. The van der Waals surface area contributed by atoms with E-state index in [-0.39, 0.29) is 0 Å². The molecule has 2 heteroatoms. The molecule has 0 fully saturated rings. The van der Waals surface area contributed by atoms with Crippen LogP contribution in [0.2, 0.25) is 0 Å². The van der Waals surface area contributed by atoms with E-state index in [2.05, 4.69) is 134 Å². The standard InChI is InChI=1S/C30H22BN/c31-25-17-14-22(15-18-25)21-10-12-23(13-11-21)24-16-19-30-28(20-24)27-8-4-5-9-29(27)32(30)26-6-2-1-3-7-26/h1-20H,31H2. The molecule has 1 aromatic heterocycles. The van der Waals surface area contributed by atoms with Gasteiger partial charge in [-0.2, -0.15) is 0 Å². The number of benzene rings is 5. The van der Waals surface area contributed by atoms with Crippen molar-refractivity contribution in [2.45, 2.75) is 0 Å². The molecule has 0 spiro atoms. The van der Waals surface area contributed by atoms with Crippen LogP contribution in [-0.4, -0.2) is 12.4 Å². The van der Waals surface area contributed by atoms with E-state index < -0.39 is 0 Å². The first-order chi connectivity index (χ1) is 15.8. The van der Waals surface area contributed by atoms with Crippen molar-refractivity contribution in [1.29, 1.82) is 0 Å². The molecule has 0 aliphatic carbocycles. The molecule has 0 atom stereocenters. The fraction of sp³-hybridized carbons (Fsp3) is 0. The molecule has 150 valence electrons. The summed E-state index contributed by atoms with van der Waals surface area (Å²) in [5, 5.41) is 2.56. The van der Waals surface area contributed by atoms with Crippen LogP contribution in [0.15, 0.2) is 121 Å². The molecule has 0 bridgehead atoms. The van der Waals surface area contributed by atoms with Crippen molar-refractivity contribution in [1.82, 2.24) is 4.57 Å². The smallest absolute Gasteiger partial charge is 0.139 e. The minimum absolute atomic E-state index is 1.19. The Morgan fingerprint density at radius 3 is 1.69 bits per heavy atom. The Kier molecular flexibility index (Phi) is 4.43. The maximum absolute atomic E-state index is 2.36. The molecule has 0 saturated heterocycles. The molecule has 0 saturated carbocycles. The highest BCUT2D eigenvalue weighted by atomic mass is 15.0. The van der Waals surface area contributed by atoms with Crippen LogP contribution in [0, 0.1) is 0 Å². The summed E-state index contributed by atoms with van der Waals surface area (Å²) in [5.41, 5.74) is 9.92. The molecule has 1 nitrogen and oxygen atoms in total. The molecule has 0 unspecified atom stereocenters. The zero-order valence-corrected chi connectivity index (χ0v) is 18.0. The number of hydrogen-bond donors (Lipinski definition) is 0. The van der Waals surface area contributed by atoms with E-state index >= 15 is 0 Å². The zero-order chi connectivity index (χ0) is 21.5. The average Bonchev–Trinajstić information content (AvgIpc) is 3.19. The highest BCUT2D eigenvalue weighted by Crippen LogP contribution is 2.35. The van der Waals surface area contributed by atoms with Gasteiger partial charge in [-0.25, -0.2) is 0 Å². The first-order valence-corrected chi connectivity index (χ1v) is 11.0. The second-order valence-corrected chi connectivity index (χ2v) is 8.36. The van der Waals surface area contributed by atoms with Gasteiger partial charge in [-0.15, -0.1) is 0 Å². The Labute approximate surface area is 189 Å². The number of fused-ring (bicyclic) bond motifs is 3. The summed E-state index contributed by atoms with van der Waals surface area (Å²) in [6.45, 7) is 0. The first-order valence-electron chi connectivity index (χ1n) is 11.0. The maximum Gasteiger partial charge on any atom is 0.139 e. The molecular weight excluding hydrogens is 385 g/mol. The molecule has 0 N–H and O–H groups in total. The SMILES string of the molecule is Bc1ccc(-c2ccc(-c3ccc4c(c3)c3ccccc3n4-c3ccccc3)cc2)cc1. The summed E-state index contributed by atoms with van der Waals surface area (Å²) in [6, 6.07) is 43.7. The lowest BCUT2D eigenvalue weighted by molar-refractivity contribution is 1.18. The summed E-state index contributed by atoms with van der Waals surface area (Å²) in [4.78, 5) is 0. The van der Waals surface area contributed by atoms with Crippen molar-refractivity contribution in [3.05, 3.63) is 121 Å². The second-order valence-electron chi connectivity index (χ2n) is 8.36. The van der Waals surface area contributed by atoms with E-state index in [1.807, 2.05) is 0 Å². The summed E-state index contributed by atoms with van der Waals surface area (Å²) >= 11 is 0. The Hall–Kier alpha value is -4.04. The van der Waals surface area contributed by atoms with E-state index in [1.54, 1.807) is 0 Å². The Bertz CT molecular complexity index is 1540. The molecule has 0 amide bonds. The monoisotopic (exact) mass is 407 g/mol. The van der Waals surface area contributed by atoms with Crippen LogP contribution in [0.3, 0.4) is 0 Å². The molecule has 6 rings (SSSR count). The molecule has 6 aromatic rings. The van der Waals surface area contributed by atoms with Crippen LogP contribution in [0.1, 0.15) is 0 Å². The predicted molar refractivity (Wildman–Crippen MR) is 140 cm³/mol. The molecule has 32 heavy (non-hydrogen) atoms. The maximum atomic E-state index is 2.36. The second kappa shape index (κ2) is 7.58. The third-order valence-electron chi connectivity index (χ3n) is 6.29. The fourth-order valence-electron chi connectivity index (χ4n) is 4.61.